The average molecular weight is 375 g/mol. The van der Waals surface area contributed by atoms with Crippen molar-refractivity contribution in [3.8, 4) is 5.69 Å². The number of hydrogen-bond donors (Lipinski definition) is 1. The van der Waals surface area contributed by atoms with E-state index in [1.807, 2.05) is 54.8 Å². The number of para-hydroxylation sites is 1. The second-order valence-electron chi connectivity index (χ2n) is 6.27. The summed E-state index contributed by atoms with van der Waals surface area (Å²) < 4.78 is 6.69. The van der Waals surface area contributed by atoms with Crippen LogP contribution in [0.15, 0.2) is 65.8 Å². The number of aromatic nitrogens is 1. The molecule has 0 radical (unpaired) electrons. The van der Waals surface area contributed by atoms with E-state index in [1.54, 1.807) is 24.3 Å². The Morgan fingerprint density at radius 2 is 1.71 bits per heavy atom. The summed E-state index contributed by atoms with van der Waals surface area (Å²) in [5.74, 6) is -0.678. The molecule has 2 aromatic carbocycles. The van der Waals surface area contributed by atoms with Gasteiger partial charge in [0, 0.05) is 17.1 Å². The second kappa shape index (κ2) is 8.35. The largest absolute Gasteiger partial charge is 0.465 e. The van der Waals surface area contributed by atoms with E-state index in [0.717, 1.165) is 22.6 Å². The molecule has 1 N–H and O–H groups in total. The Labute approximate surface area is 163 Å². The first-order valence-electron chi connectivity index (χ1n) is 8.77. The van der Waals surface area contributed by atoms with Crippen LogP contribution < -0.4 is 5.43 Å². The summed E-state index contributed by atoms with van der Waals surface area (Å²) >= 11 is 0. The van der Waals surface area contributed by atoms with Crippen molar-refractivity contribution in [1.29, 1.82) is 0 Å². The molecule has 0 unspecified atom stereocenters. The van der Waals surface area contributed by atoms with E-state index in [-0.39, 0.29) is 5.91 Å². The predicted octanol–water partition coefficient (Wildman–Crippen LogP) is 3.64. The van der Waals surface area contributed by atoms with Gasteiger partial charge in [-0.1, -0.05) is 30.3 Å². The second-order valence-corrected chi connectivity index (χ2v) is 6.27. The van der Waals surface area contributed by atoms with Crippen molar-refractivity contribution in [2.75, 3.05) is 7.11 Å². The zero-order chi connectivity index (χ0) is 20.1. The molecular formula is C22H21N3O3. The Morgan fingerprint density at radius 1 is 1.04 bits per heavy atom. The summed E-state index contributed by atoms with van der Waals surface area (Å²) in [6.07, 6.45) is 1.52. The summed E-state index contributed by atoms with van der Waals surface area (Å²) in [5.41, 5.74) is 7.15. The molecule has 0 saturated carbocycles. The minimum atomic E-state index is -0.398. The number of aryl methyl sites for hydroxylation is 1. The van der Waals surface area contributed by atoms with Crippen molar-refractivity contribution in [3.63, 3.8) is 0 Å². The number of nitrogens with one attached hydrogen (secondary N) is 1. The van der Waals surface area contributed by atoms with Gasteiger partial charge in [-0.2, -0.15) is 5.10 Å². The number of esters is 1. The molecule has 1 aromatic heterocycles. The lowest BCUT2D eigenvalue weighted by atomic mass is 10.1. The fourth-order valence-electron chi connectivity index (χ4n) is 3.02. The number of hydrogen-bond acceptors (Lipinski definition) is 4. The van der Waals surface area contributed by atoms with Gasteiger partial charge in [0.1, 0.15) is 0 Å². The molecule has 0 bridgehead atoms. The van der Waals surface area contributed by atoms with Gasteiger partial charge in [-0.3, -0.25) is 4.79 Å². The number of methoxy groups -OCH3 is 1. The average Bonchev–Trinajstić information content (AvgIpc) is 3.02. The van der Waals surface area contributed by atoms with Crippen LogP contribution in [-0.2, 0) is 4.74 Å². The van der Waals surface area contributed by atoms with Crippen molar-refractivity contribution in [3.05, 3.63) is 88.7 Å². The Kier molecular flexibility index (Phi) is 5.69. The highest BCUT2D eigenvalue weighted by Crippen LogP contribution is 2.20. The van der Waals surface area contributed by atoms with E-state index in [2.05, 4.69) is 15.3 Å². The molecule has 3 rings (SSSR count). The first-order valence-corrected chi connectivity index (χ1v) is 8.77. The van der Waals surface area contributed by atoms with Crippen LogP contribution in [0.1, 0.15) is 37.7 Å². The maximum atomic E-state index is 12.5. The molecule has 0 saturated heterocycles. The van der Waals surface area contributed by atoms with Gasteiger partial charge in [0.2, 0.25) is 0 Å². The fourth-order valence-corrected chi connectivity index (χ4v) is 3.02. The molecule has 3 aromatic rings. The maximum absolute atomic E-state index is 12.5. The molecule has 0 fully saturated rings. The highest BCUT2D eigenvalue weighted by Gasteiger charge is 2.16. The summed E-state index contributed by atoms with van der Waals surface area (Å²) in [6.45, 7) is 3.87. The number of nitrogens with zero attached hydrogens (tertiary/aromatic N) is 2. The zero-order valence-corrected chi connectivity index (χ0v) is 16.0. The summed E-state index contributed by atoms with van der Waals surface area (Å²) in [4.78, 5) is 24.0. The minimum absolute atomic E-state index is 0.280. The van der Waals surface area contributed by atoms with Crippen LogP contribution in [0.5, 0.6) is 0 Å². The Hall–Kier alpha value is -3.67. The van der Waals surface area contributed by atoms with Crippen LogP contribution in [0.4, 0.5) is 0 Å². The number of ether oxygens (including phenoxy) is 1. The first-order chi connectivity index (χ1) is 13.5. The van der Waals surface area contributed by atoms with Crippen LogP contribution in [0, 0.1) is 13.8 Å². The van der Waals surface area contributed by atoms with Gasteiger partial charge >= 0.3 is 5.97 Å². The van der Waals surface area contributed by atoms with Crippen LogP contribution in [0.25, 0.3) is 5.69 Å². The summed E-state index contributed by atoms with van der Waals surface area (Å²) in [7, 11) is 1.34. The molecule has 28 heavy (non-hydrogen) atoms. The van der Waals surface area contributed by atoms with Gasteiger partial charge in [-0.25, -0.2) is 10.2 Å². The van der Waals surface area contributed by atoms with Crippen molar-refractivity contribution < 1.29 is 14.3 Å². The van der Waals surface area contributed by atoms with Gasteiger partial charge in [-0.15, -0.1) is 0 Å². The number of hydrazone groups is 1. The van der Waals surface area contributed by atoms with Crippen LogP contribution in [0.2, 0.25) is 0 Å². The highest BCUT2D eigenvalue weighted by atomic mass is 16.5. The van der Waals surface area contributed by atoms with Gasteiger partial charge < -0.3 is 9.30 Å². The number of rotatable bonds is 5. The van der Waals surface area contributed by atoms with Crippen molar-refractivity contribution in [2.45, 2.75) is 13.8 Å². The zero-order valence-electron chi connectivity index (χ0n) is 16.0. The summed E-state index contributed by atoms with van der Waals surface area (Å²) in [6, 6.07) is 18.5. The molecular weight excluding hydrogens is 354 g/mol. The molecule has 0 aliphatic rings. The molecule has 0 spiro atoms. The lowest BCUT2D eigenvalue weighted by molar-refractivity contribution is 0.0600. The first kappa shape index (κ1) is 19.1. The Bertz CT molecular complexity index is 1020. The Balaban J connectivity index is 1.72. The van der Waals surface area contributed by atoms with Gasteiger partial charge in [0.05, 0.1) is 24.5 Å². The van der Waals surface area contributed by atoms with Crippen molar-refractivity contribution in [2.24, 2.45) is 5.10 Å². The van der Waals surface area contributed by atoms with E-state index >= 15 is 0 Å². The van der Waals surface area contributed by atoms with E-state index in [1.165, 1.54) is 13.3 Å². The van der Waals surface area contributed by atoms with Crippen LogP contribution >= 0.6 is 0 Å². The molecule has 142 valence electrons. The topological polar surface area (TPSA) is 72.7 Å². The molecule has 1 heterocycles. The molecule has 1 amide bonds. The third-order valence-corrected chi connectivity index (χ3v) is 4.40. The molecule has 0 atom stereocenters. The van der Waals surface area contributed by atoms with Crippen molar-refractivity contribution in [1.82, 2.24) is 9.99 Å². The van der Waals surface area contributed by atoms with Crippen LogP contribution in [0.3, 0.4) is 0 Å². The third kappa shape index (κ3) is 4.01. The number of benzene rings is 2. The SMILES string of the molecule is COC(=O)c1ccc(/C=N/NC(=O)c2cc(C)n(-c3ccccc3)c2C)cc1. The molecule has 0 aliphatic carbocycles. The van der Waals surface area contributed by atoms with Crippen LogP contribution in [-0.4, -0.2) is 29.8 Å². The van der Waals surface area contributed by atoms with E-state index in [0.29, 0.717) is 11.1 Å². The standard InChI is InChI=1S/C22H21N3O3/c1-15-13-20(16(2)25(15)19-7-5-4-6-8-19)21(26)24-23-14-17-9-11-18(12-10-17)22(27)28-3/h4-14H,1-3H3,(H,24,26)/b23-14+. The number of carbonyl (C=O) groups is 2. The fraction of sp³-hybridized carbons (Fsp3) is 0.136. The normalized spacial score (nSPS) is 10.8. The van der Waals surface area contributed by atoms with E-state index < -0.39 is 5.97 Å². The molecule has 0 aliphatic heterocycles. The maximum Gasteiger partial charge on any atom is 0.337 e. The van der Waals surface area contributed by atoms with E-state index in [4.69, 9.17) is 0 Å². The monoisotopic (exact) mass is 375 g/mol. The third-order valence-electron chi connectivity index (χ3n) is 4.40. The van der Waals surface area contributed by atoms with Gasteiger partial charge in [0.15, 0.2) is 0 Å². The number of carbonyl (C=O) groups excluding carboxylic acids is 2. The van der Waals surface area contributed by atoms with Gasteiger partial charge in [0.25, 0.3) is 5.91 Å². The molecule has 6 nitrogen and oxygen atoms in total. The minimum Gasteiger partial charge on any atom is -0.465 e. The predicted molar refractivity (Wildman–Crippen MR) is 108 cm³/mol. The van der Waals surface area contributed by atoms with Crippen molar-refractivity contribution >= 4 is 18.1 Å². The van der Waals surface area contributed by atoms with Gasteiger partial charge in [-0.05, 0) is 49.7 Å². The smallest absolute Gasteiger partial charge is 0.337 e. The quantitative estimate of drug-likeness (QED) is 0.420. The molecule has 6 heteroatoms. The lowest BCUT2D eigenvalue weighted by Crippen LogP contribution is -2.18. The Morgan fingerprint density at radius 3 is 2.36 bits per heavy atom. The summed E-state index contributed by atoms with van der Waals surface area (Å²) in [5, 5.41) is 4.02. The van der Waals surface area contributed by atoms with E-state index in [9.17, 15) is 9.59 Å². The highest BCUT2D eigenvalue weighted by molar-refractivity contribution is 5.96. The lowest BCUT2D eigenvalue weighted by Gasteiger charge is -2.09. The number of amides is 1.